The number of para-hydroxylation sites is 3. The Hall–Kier alpha value is -6.65. The van der Waals surface area contributed by atoms with Crippen LogP contribution in [0.5, 0.6) is 0 Å². The molecule has 49 heavy (non-hydrogen) atoms. The average Bonchev–Trinajstić information content (AvgIpc) is 3.89. The summed E-state index contributed by atoms with van der Waals surface area (Å²) in [5, 5.41) is 12.7. The average molecular weight is 623 g/mol. The van der Waals surface area contributed by atoms with Crippen molar-refractivity contribution in [2.75, 3.05) is 0 Å². The van der Waals surface area contributed by atoms with E-state index in [1.165, 1.54) is 87.0 Å². The second kappa shape index (κ2) is 9.03. The summed E-state index contributed by atoms with van der Waals surface area (Å²) in [7, 11) is 0. The lowest BCUT2D eigenvalue weighted by molar-refractivity contribution is 1.13. The molecule has 4 heteroatoms. The smallest absolute Gasteiger partial charge is 0.0724 e. The molecule has 226 valence electrons. The minimum absolute atomic E-state index is 1.10. The van der Waals surface area contributed by atoms with Gasteiger partial charge in [-0.25, -0.2) is 0 Å². The molecule has 5 heterocycles. The number of rotatable bonds is 2. The largest absolute Gasteiger partial charge is 0.308 e. The van der Waals surface area contributed by atoms with Crippen LogP contribution in [0.2, 0.25) is 0 Å². The highest BCUT2D eigenvalue weighted by molar-refractivity contribution is 6.37. The van der Waals surface area contributed by atoms with Crippen molar-refractivity contribution in [3.05, 3.63) is 158 Å². The van der Waals surface area contributed by atoms with E-state index in [9.17, 15) is 0 Å². The van der Waals surface area contributed by atoms with E-state index in [-0.39, 0.29) is 0 Å². The van der Waals surface area contributed by atoms with E-state index in [4.69, 9.17) is 0 Å². The van der Waals surface area contributed by atoms with Crippen LogP contribution in [-0.4, -0.2) is 18.5 Å². The van der Waals surface area contributed by atoms with Crippen molar-refractivity contribution in [2.24, 2.45) is 0 Å². The van der Waals surface area contributed by atoms with Gasteiger partial charge in [0, 0.05) is 66.0 Å². The van der Waals surface area contributed by atoms with E-state index in [1.807, 2.05) is 12.4 Å². The van der Waals surface area contributed by atoms with Gasteiger partial charge in [-0.1, -0.05) is 97.1 Å². The molecule has 0 fully saturated rings. The van der Waals surface area contributed by atoms with E-state index >= 15 is 0 Å². The van der Waals surface area contributed by atoms with Gasteiger partial charge in [-0.2, -0.15) is 0 Å². The van der Waals surface area contributed by atoms with Crippen molar-refractivity contribution in [1.29, 1.82) is 0 Å². The van der Waals surface area contributed by atoms with Gasteiger partial charge >= 0.3 is 0 Å². The quantitative estimate of drug-likeness (QED) is 0.188. The number of hydrogen-bond donors (Lipinski definition) is 0. The summed E-state index contributed by atoms with van der Waals surface area (Å²) in [6.07, 6.45) is 3.88. The molecule has 0 radical (unpaired) electrons. The summed E-state index contributed by atoms with van der Waals surface area (Å²) < 4.78 is 7.36. The Kier molecular flexibility index (Phi) is 4.69. The van der Waals surface area contributed by atoms with E-state index < -0.39 is 0 Å². The molecule has 0 amide bonds. The third-order valence-electron chi connectivity index (χ3n) is 10.8. The normalized spacial score (nSPS) is 12.5. The predicted octanol–water partition coefficient (Wildman–Crippen LogP) is 11.6. The van der Waals surface area contributed by atoms with E-state index in [0.29, 0.717) is 0 Å². The fraction of sp³-hybridized carbons (Fsp3) is 0. The zero-order chi connectivity index (χ0) is 31.8. The highest BCUT2D eigenvalue weighted by Crippen LogP contribution is 2.47. The summed E-state index contributed by atoms with van der Waals surface area (Å²) >= 11 is 0. The van der Waals surface area contributed by atoms with Gasteiger partial charge < -0.3 is 13.5 Å². The molecule has 5 aromatic heterocycles. The number of hydrogen-bond acceptors (Lipinski definition) is 1. The lowest BCUT2D eigenvalue weighted by Gasteiger charge is -2.13. The number of benzene rings is 7. The lowest BCUT2D eigenvalue weighted by Crippen LogP contribution is -1.99. The molecule has 0 N–H and O–H groups in total. The second-order valence-corrected chi connectivity index (χ2v) is 13.2. The fourth-order valence-corrected chi connectivity index (χ4v) is 8.91. The molecular weight excluding hydrogens is 597 g/mol. The molecule has 0 bridgehead atoms. The molecule has 12 rings (SSSR count). The summed E-state index contributed by atoms with van der Waals surface area (Å²) in [4.78, 5) is 4.55. The highest BCUT2D eigenvalue weighted by Gasteiger charge is 2.25. The van der Waals surface area contributed by atoms with Gasteiger partial charge in [-0.05, 0) is 53.9 Å². The Balaban J connectivity index is 1.29. The first-order valence-electron chi connectivity index (χ1n) is 16.8. The Bertz CT molecular complexity index is 3280. The summed E-state index contributed by atoms with van der Waals surface area (Å²) in [6, 6.07) is 53.4. The molecule has 0 aliphatic heterocycles. The van der Waals surface area contributed by atoms with E-state index in [0.717, 1.165) is 16.9 Å². The first-order valence-corrected chi connectivity index (χ1v) is 16.8. The van der Waals surface area contributed by atoms with Crippen LogP contribution in [0.25, 0.3) is 104 Å². The van der Waals surface area contributed by atoms with Gasteiger partial charge in [0.15, 0.2) is 0 Å². The van der Waals surface area contributed by atoms with E-state index in [1.54, 1.807) is 0 Å². The minimum atomic E-state index is 1.10. The zero-order valence-corrected chi connectivity index (χ0v) is 26.3. The maximum Gasteiger partial charge on any atom is 0.0724 e. The van der Waals surface area contributed by atoms with E-state index in [2.05, 4.69) is 164 Å². The van der Waals surface area contributed by atoms with Crippen molar-refractivity contribution < 1.29 is 0 Å². The Morgan fingerprint density at radius 2 is 1.02 bits per heavy atom. The minimum Gasteiger partial charge on any atom is -0.308 e. The van der Waals surface area contributed by atoms with Gasteiger partial charge in [0.05, 0.1) is 44.8 Å². The Morgan fingerprint density at radius 3 is 1.86 bits per heavy atom. The van der Waals surface area contributed by atoms with Crippen molar-refractivity contribution >= 4 is 92.5 Å². The molecule has 7 aromatic carbocycles. The monoisotopic (exact) mass is 622 g/mol. The third-order valence-corrected chi connectivity index (χ3v) is 10.8. The van der Waals surface area contributed by atoms with Crippen LogP contribution in [0, 0.1) is 0 Å². The zero-order valence-electron chi connectivity index (χ0n) is 26.3. The fourth-order valence-electron chi connectivity index (χ4n) is 8.91. The van der Waals surface area contributed by atoms with Crippen molar-refractivity contribution in [3.63, 3.8) is 0 Å². The van der Waals surface area contributed by atoms with Crippen LogP contribution in [0.4, 0.5) is 0 Å². The molecule has 0 atom stereocenters. The molecule has 0 unspecified atom stereocenters. The number of nitrogens with zero attached hydrogens (tertiary/aromatic N) is 4. The van der Waals surface area contributed by atoms with Crippen LogP contribution >= 0.6 is 0 Å². The highest BCUT2D eigenvalue weighted by atomic mass is 15.0. The van der Waals surface area contributed by atoms with Crippen molar-refractivity contribution in [2.45, 2.75) is 0 Å². The number of fused-ring (bicyclic) bond motifs is 15. The van der Waals surface area contributed by atoms with Crippen LogP contribution in [0.3, 0.4) is 0 Å². The van der Waals surface area contributed by atoms with Crippen LogP contribution in [0.1, 0.15) is 0 Å². The number of aromatic nitrogens is 4. The first-order chi connectivity index (χ1) is 24.3. The standard InChI is InChI=1S/C45H26N4/c1-2-13-30-27(10-1)20-21-35-42-40(25-36-32-15-4-7-18-38(32)49-39-19-8-5-16-34(39)43(42)45(36)49)48(44(30)35)29-12-9-11-28(24-29)47-37-17-6-3-14-31(37)33-22-23-46-26-41(33)47/h1-26H. The SMILES string of the molecule is c1cc(-n2c3ccccc3c3ccncc32)cc(-n2c3cc4c5ccccc5n5c6ccccc6c(c3c3ccc6ccccc6c32)c45)c1. The van der Waals surface area contributed by atoms with Gasteiger partial charge in [0.25, 0.3) is 0 Å². The summed E-state index contributed by atoms with van der Waals surface area (Å²) in [5.74, 6) is 0. The molecule has 0 aliphatic carbocycles. The lowest BCUT2D eigenvalue weighted by atomic mass is 10.0. The van der Waals surface area contributed by atoms with Crippen molar-refractivity contribution in [1.82, 2.24) is 18.5 Å². The molecule has 4 nitrogen and oxygen atoms in total. The molecule has 0 saturated heterocycles. The second-order valence-electron chi connectivity index (χ2n) is 13.2. The molecule has 0 spiro atoms. The maximum absolute atomic E-state index is 4.55. The molecule has 0 aliphatic rings. The topological polar surface area (TPSA) is 27.2 Å². The number of pyridine rings is 1. The van der Waals surface area contributed by atoms with Gasteiger partial charge in [-0.3, -0.25) is 4.98 Å². The predicted molar refractivity (Wildman–Crippen MR) is 205 cm³/mol. The third kappa shape index (κ3) is 3.12. The Labute approximate surface area is 279 Å². The van der Waals surface area contributed by atoms with Gasteiger partial charge in [0.1, 0.15) is 0 Å². The summed E-state index contributed by atoms with van der Waals surface area (Å²) in [5.41, 5.74) is 10.8. The summed E-state index contributed by atoms with van der Waals surface area (Å²) in [6.45, 7) is 0. The van der Waals surface area contributed by atoms with Gasteiger partial charge in [0.2, 0.25) is 0 Å². The first kappa shape index (κ1) is 25.4. The van der Waals surface area contributed by atoms with Gasteiger partial charge in [-0.15, -0.1) is 0 Å². The Morgan fingerprint density at radius 1 is 0.367 bits per heavy atom. The van der Waals surface area contributed by atoms with Crippen LogP contribution in [-0.2, 0) is 0 Å². The van der Waals surface area contributed by atoms with Crippen LogP contribution < -0.4 is 0 Å². The van der Waals surface area contributed by atoms with Crippen LogP contribution in [0.15, 0.2) is 158 Å². The maximum atomic E-state index is 4.55. The van der Waals surface area contributed by atoms with Crippen molar-refractivity contribution in [3.8, 4) is 11.4 Å². The molecule has 0 saturated carbocycles. The molecular formula is C45H26N4. The molecule has 12 aromatic rings.